The second kappa shape index (κ2) is 5.23. The van der Waals surface area contributed by atoms with Crippen LogP contribution in [0.4, 0.5) is 0 Å². The summed E-state index contributed by atoms with van der Waals surface area (Å²) in [5.74, 6) is 1.66. The Morgan fingerprint density at radius 2 is 2.12 bits per heavy atom. The summed E-state index contributed by atoms with van der Waals surface area (Å²) in [5.41, 5.74) is 0.937. The van der Waals surface area contributed by atoms with Crippen LogP contribution in [0.1, 0.15) is 32.1 Å². The van der Waals surface area contributed by atoms with Gasteiger partial charge in [-0.05, 0) is 47.4 Å². The van der Waals surface area contributed by atoms with Crippen LogP contribution in [0.25, 0.3) is 11.0 Å². The minimum Gasteiger partial charge on any atom is -0.458 e. The zero-order chi connectivity index (χ0) is 12.4. The highest BCUT2D eigenvalue weighted by Crippen LogP contribution is 2.31. The Morgan fingerprint density at radius 1 is 1.35 bits per heavy atom. The summed E-state index contributed by atoms with van der Waals surface area (Å²) < 4.78 is 6.96. The molecule has 0 bridgehead atoms. The van der Waals surface area contributed by atoms with Crippen LogP contribution >= 0.6 is 15.9 Å². The standard InChI is InChI=1S/C14H18BrNO/c1-9(2)7-12(16-3)13-8-10-5-4-6-11(15)14(10)17-13/h4-6,8-9,12,16H,7H2,1-3H3. The number of para-hydroxylation sites is 1. The molecule has 3 heteroatoms. The third kappa shape index (κ3) is 2.72. The number of halogens is 1. The molecule has 92 valence electrons. The Hall–Kier alpha value is -0.800. The highest BCUT2D eigenvalue weighted by atomic mass is 79.9. The second-order valence-corrected chi connectivity index (χ2v) is 5.63. The van der Waals surface area contributed by atoms with Crippen molar-refractivity contribution in [3.63, 3.8) is 0 Å². The Kier molecular flexibility index (Phi) is 3.89. The van der Waals surface area contributed by atoms with Crippen molar-refractivity contribution < 1.29 is 4.42 Å². The number of benzene rings is 1. The molecule has 1 unspecified atom stereocenters. The van der Waals surface area contributed by atoms with Gasteiger partial charge in [-0.3, -0.25) is 0 Å². The van der Waals surface area contributed by atoms with Gasteiger partial charge in [0.25, 0.3) is 0 Å². The van der Waals surface area contributed by atoms with E-state index in [1.807, 2.05) is 19.2 Å². The van der Waals surface area contributed by atoms with Gasteiger partial charge in [0.2, 0.25) is 0 Å². The van der Waals surface area contributed by atoms with Gasteiger partial charge in [0.1, 0.15) is 11.3 Å². The van der Waals surface area contributed by atoms with Crippen molar-refractivity contribution in [3.8, 4) is 0 Å². The minimum absolute atomic E-state index is 0.286. The summed E-state index contributed by atoms with van der Waals surface area (Å²) in [6, 6.07) is 8.53. The second-order valence-electron chi connectivity index (χ2n) is 4.78. The van der Waals surface area contributed by atoms with Crippen LogP contribution in [-0.4, -0.2) is 7.05 Å². The molecule has 2 nitrogen and oxygen atoms in total. The molecule has 0 saturated carbocycles. The van der Waals surface area contributed by atoms with Crippen LogP contribution in [0, 0.1) is 5.92 Å². The Morgan fingerprint density at radius 3 is 2.71 bits per heavy atom. The van der Waals surface area contributed by atoms with E-state index in [4.69, 9.17) is 4.42 Å². The van der Waals surface area contributed by atoms with Crippen LogP contribution in [0.3, 0.4) is 0 Å². The van der Waals surface area contributed by atoms with Crippen molar-refractivity contribution >= 4 is 26.9 Å². The highest BCUT2D eigenvalue weighted by Gasteiger charge is 2.16. The maximum absolute atomic E-state index is 5.94. The van der Waals surface area contributed by atoms with E-state index in [-0.39, 0.29) is 6.04 Å². The molecule has 1 N–H and O–H groups in total. The average Bonchev–Trinajstić information content (AvgIpc) is 2.70. The Bertz CT molecular complexity index is 504. The third-order valence-corrected chi connectivity index (χ3v) is 3.54. The molecule has 1 aromatic heterocycles. The lowest BCUT2D eigenvalue weighted by Crippen LogP contribution is -2.17. The molecule has 2 aromatic rings. The normalized spacial score (nSPS) is 13.5. The minimum atomic E-state index is 0.286. The molecule has 0 aliphatic carbocycles. The summed E-state index contributed by atoms with van der Waals surface area (Å²) in [4.78, 5) is 0. The molecule has 1 atom stereocenters. The number of rotatable bonds is 4. The van der Waals surface area contributed by atoms with Gasteiger partial charge < -0.3 is 9.73 Å². The molecule has 0 aliphatic heterocycles. The Balaban J connectivity index is 2.37. The lowest BCUT2D eigenvalue weighted by atomic mass is 10.0. The first-order valence-electron chi connectivity index (χ1n) is 5.97. The smallest absolute Gasteiger partial charge is 0.148 e. The maximum atomic E-state index is 5.94. The van der Waals surface area contributed by atoms with Crippen molar-refractivity contribution in [1.29, 1.82) is 0 Å². The quantitative estimate of drug-likeness (QED) is 0.898. The molecule has 2 rings (SSSR count). The van der Waals surface area contributed by atoms with E-state index in [0.29, 0.717) is 5.92 Å². The first-order valence-corrected chi connectivity index (χ1v) is 6.76. The molecule has 1 heterocycles. The predicted molar refractivity (Wildman–Crippen MR) is 75.2 cm³/mol. The van der Waals surface area contributed by atoms with E-state index in [0.717, 1.165) is 27.6 Å². The first kappa shape index (κ1) is 12.7. The van der Waals surface area contributed by atoms with Gasteiger partial charge in [-0.25, -0.2) is 0 Å². The molecule has 0 radical (unpaired) electrons. The molecule has 1 aromatic carbocycles. The van der Waals surface area contributed by atoms with Crippen molar-refractivity contribution in [1.82, 2.24) is 5.32 Å². The van der Waals surface area contributed by atoms with Crippen molar-refractivity contribution in [2.45, 2.75) is 26.3 Å². The SMILES string of the molecule is CNC(CC(C)C)c1cc2cccc(Br)c2o1. The van der Waals surface area contributed by atoms with E-state index >= 15 is 0 Å². The fourth-order valence-electron chi connectivity index (χ4n) is 2.07. The average molecular weight is 296 g/mol. The van der Waals surface area contributed by atoms with E-state index in [1.54, 1.807) is 0 Å². The van der Waals surface area contributed by atoms with Crippen LogP contribution < -0.4 is 5.32 Å². The van der Waals surface area contributed by atoms with E-state index in [9.17, 15) is 0 Å². The van der Waals surface area contributed by atoms with Crippen molar-refractivity contribution in [2.75, 3.05) is 7.05 Å². The van der Waals surface area contributed by atoms with Gasteiger partial charge in [0.15, 0.2) is 0 Å². The first-order chi connectivity index (χ1) is 8.11. The van der Waals surface area contributed by atoms with Gasteiger partial charge >= 0.3 is 0 Å². The van der Waals surface area contributed by atoms with Gasteiger partial charge in [0, 0.05) is 5.39 Å². The summed E-state index contributed by atoms with van der Waals surface area (Å²) in [5, 5.41) is 4.47. The number of nitrogens with one attached hydrogen (secondary N) is 1. The zero-order valence-electron chi connectivity index (χ0n) is 10.5. The van der Waals surface area contributed by atoms with E-state index in [1.165, 1.54) is 0 Å². The predicted octanol–water partition coefficient (Wildman–Crippen LogP) is 4.50. The van der Waals surface area contributed by atoms with E-state index in [2.05, 4.69) is 47.2 Å². The molecular weight excluding hydrogens is 278 g/mol. The van der Waals surface area contributed by atoms with Gasteiger partial charge in [-0.1, -0.05) is 26.0 Å². The van der Waals surface area contributed by atoms with Gasteiger partial charge in [0.05, 0.1) is 10.5 Å². The van der Waals surface area contributed by atoms with Crippen molar-refractivity contribution in [2.24, 2.45) is 5.92 Å². The summed E-state index contributed by atoms with van der Waals surface area (Å²) >= 11 is 3.52. The van der Waals surface area contributed by atoms with Crippen LogP contribution in [0.5, 0.6) is 0 Å². The molecule has 0 amide bonds. The summed E-state index contributed by atoms with van der Waals surface area (Å²) in [7, 11) is 1.98. The Labute approximate surface area is 111 Å². The van der Waals surface area contributed by atoms with Crippen molar-refractivity contribution in [3.05, 3.63) is 34.5 Å². The topological polar surface area (TPSA) is 25.2 Å². The molecule has 0 saturated heterocycles. The summed E-state index contributed by atoms with van der Waals surface area (Å²) in [6.45, 7) is 4.45. The molecule has 0 aliphatic rings. The third-order valence-electron chi connectivity index (χ3n) is 2.91. The highest BCUT2D eigenvalue weighted by molar-refractivity contribution is 9.10. The van der Waals surface area contributed by atoms with E-state index < -0.39 is 0 Å². The van der Waals surface area contributed by atoms with Crippen LogP contribution in [-0.2, 0) is 0 Å². The number of furan rings is 1. The fourth-order valence-corrected chi connectivity index (χ4v) is 2.53. The number of fused-ring (bicyclic) bond motifs is 1. The molecular formula is C14H18BrNO. The summed E-state index contributed by atoms with van der Waals surface area (Å²) in [6.07, 6.45) is 1.08. The van der Waals surface area contributed by atoms with Gasteiger partial charge in [-0.15, -0.1) is 0 Å². The maximum Gasteiger partial charge on any atom is 0.148 e. The lowest BCUT2D eigenvalue weighted by molar-refractivity contribution is 0.389. The molecule has 0 fully saturated rings. The van der Waals surface area contributed by atoms with Crippen LogP contribution in [0.15, 0.2) is 33.2 Å². The molecule has 0 spiro atoms. The fraction of sp³-hybridized carbons (Fsp3) is 0.429. The van der Waals surface area contributed by atoms with Gasteiger partial charge in [-0.2, -0.15) is 0 Å². The zero-order valence-corrected chi connectivity index (χ0v) is 12.0. The molecule has 17 heavy (non-hydrogen) atoms. The largest absolute Gasteiger partial charge is 0.458 e. The number of hydrogen-bond donors (Lipinski definition) is 1. The number of hydrogen-bond acceptors (Lipinski definition) is 2. The van der Waals surface area contributed by atoms with Crippen LogP contribution in [0.2, 0.25) is 0 Å². The lowest BCUT2D eigenvalue weighted by Gasteiger charge is -2.15. The monoisotopic (exact) mass is 295 g/mol.